The number of aliphatic carboxylic acids is 1. The lowest BCUT2D eigenvalue weighted by atomic mass is 10.0. The first kappa shape index (κ1) is 13.0. The summed E-state index contributed by atoms with van der Waals surface area (Å²) in [5.41, 5.74) is 0. The zero-order chi connectivity index (χ0) is 13.1. The summed E-state index contributed by atoms with van der Waals surface area (Å²) in [5, 5.41) is 16.9. The third kappa shape index (κ3) is 3.07. The van der Waals surface area contributed by atoms with E-state index in [0.717, 1.165) is 44.1 Å². The highest BCUT2D eigenvalue weighted by Gasteiger charge is 2.24. The minimum Gasteiger partial charge on any atom is -0.481 e. The zero-order valence-electron chi connectivity index (χ0n) is 11.0. The zero-order valence-corrected chi connectivity index (χ0v) is 11.0. The molecule has 1 saturated heterocycles. The predicted octanol–water partition coefficient (Wildman–Crippen LogP) is 0.810. The number of nitrogens with zero attached hydrogens (tertiary/aromatic N) is 4. The van der Waals surface area contributed by atoms with Crippen LogP contribution in [0.5, 0.6) is 0 Å². The number of rotatable bonds is 5. The molecule has 6 heteroatoms. The van der Waals surface area contributed by atoms with Gasteiger partial charge in [0.05, 0.1) is 6.54 Å². The van der Waals surface area contributed by atoms with E-state index in [1.165, 1.54) is 0 Å². The number of aryl methyl sites for hydroxylation is 1. The average Bonchev–Trinajstić information content (AvgIpc) is 2.89. The Morgan fingerprint density at radius 2 is 2.28 bits per heavy atom. The van der Waals surface area contributed by atoms with Crippen LogP contribution in [0.1, 0.15) is 30.9 Å². The molecule has 0 bridgehead atoms. The van der Waals surface area contributed by atoms with Gasteiger partial charge in [-0.1, -0.05) is 0 Å². The second kappa shape index (κ2) is 5.48. The summed E-state index contributed by atoms with van der Waals surface area (Å²) in [7, 11) is 1.97. The Hall–Kier alpha value is -1.43. The van der Waals surface area contributed by atoms with Gasteiger partial charge in [-0.15, -0.1) is 10.2 Å². The molecule has 2 heterocycles. The van der Waals surface area contributed by atoms with Crippen molar-refractivity contribution in [2.45, 2.75) is 32.7 Å². The van der Waals surface area contributed by atoms with Gasteiger partial charge in [0, 0.05) is 20.0 Å². The first-order valence-corrected chi connectivity index (χ1v) is 6.35. The monoisotopic (exact) mass is 252 g/mol. The summed E-state index contributed by atoms with van der Waals surface area (Å²) in [6.45, 7) is 4.74. The minimum atomic E-state index is -0.697. The number of carboxylic acid groups (broad SMARTS) is 1. The highest BCUT2D eigenvalue weighted by molar-refractivity contribution is 5.66. The predicted molar refractivity (Wildman–Crippen MR) is 66.0 cm³/mol. The van der Waals surface area contributed by atoms with Crippen LogP contribution in [-0.4, -0.2) is 43.8 Å². The van der Waals surface area contributed by atoms with Crippen LogP contribution in [0, 0.1) is 12.8 Å². The fourth-order valence-electron chi connectivity index (χ4n) is 2.41. The number of carbonyl (C=O) groups is 1. The SMILES string of the molecule is Cc1nnc(CN2CCC(CCC(=O)O)C2)n1C. The number of likely N-dealkylation sites (tertiary alicyclic amines) is 1. The smallest absolute Gasteiger partial charge is 0.303 e. The Morgan fingerprint density at radius 1 is 1.50 bits per heavy atom. The first-order valence-electron chi connectivity index (χ1n) is 6.35. The van der Waals surface area contributed by atoms with E-state index in [4.69, 9.17) is 5.11 Å². The molecule has 0 aromatic carbocycles. The molecule has 0 saturated carbocycles. The molecule has 0 amide bonds. The molecule has 1 unspecified atom stereocenters. The quantitative estimate of drug-likeness (QED) is 0.839. The Morgan fingerprint density at radius 3 is 2.89 bits per heavy atom. The first-order chi connectivity index (χ1) is 8.56. The van der Waals surface area contributed by atoms with Gasteiger partial charge in [-0.3, -0.25) is 9.69 Å². The molecule has 1 aliphatic heterocycles. The molecule has 1 aromatic heterocycles. The highest BCUT2D eigenvalue weighted by atomic mass is 16.4. The molecular formula is C12H20N4O2. The van der Waals surface area contributed by atoms with Crippen molar-refractivity contribution in [3.05, 3.63) is 11.6 Å². The molecular weight excluding hydrogens is 232 g/mol. The van der Waals surface area contributed by atoms with Crippen LogP contribution in [0.15, 0.2) is 0 Å². The maximum Gasteiger partial charge on any atom is 0.303 e. The van der Waals surface area contributed by atoms with Crippen LogP contribution in [0.2, 0.25) is 0 Å². The molecule has 100 valence electrons. The summed E-state index contributed by atoms with van der Waals surface area (Å²) >= 11 is 0. The van der Waals surface area contributed by atoms with Gasteiger partial charge in [-0.05, 0) is 32.2 Å². The van der Waals surface area contributed by atoms with Crippen molar-refractivity contribution >= 4 is 5.97 Å². The van der Waals surface area contributed by atoms with Crippen LogP contribution >= 0.6 is 0 Å². The van der Waals surface area contributed by atoms with E-state index >= 15 is 0 Å². The standard InChI is InChI=1S/C12H20N4O2/c1-9-13-14-11(15(9)2)8-16-6-5-10(7-16)3-4-12(17)18/h10H,3-8H2,1-2H3,(H,17,18). The third-order valence-corrected chi connectivity index (χ3v) is 3.68. The second-order valence-corrected chi connectivity index (χ2v) is 5.04. The van der Waals surface area contributed by atoms with E-state index in [-0.39, 0.29) is 6.42 Å². The topological polar surface area (TPSA) is 71.2 Å². The molecule has 1 aromatic rings. The van der Waals surface area contributed by atoms with Crippen LogP contribution in [0.25, 0.3) is 0 Å². The maximum absolute atomic E-state index is 10.5. The van der Waals surface area contributed by atoms with E-state index in [1.807, 2.05) is 18.5 Å². The molecule has 1 fully saturated rings. The Kier molecular flexibility index (Phi) is 3.96. The van der Waals surface area contributed by atoms with Crippen LogP contribution in [0.4, 0.5) is 0 Å². The molecule has 1 atom stereocenters. The van der Waals surface area contributed by atoms with Crippen molar-refractivity contribution in [1.29, 1.82) is 0 Å². The second-order valence-electron chi connectivity index (χ2n) is 5.04. The van der Waals surface area contributed by atoms with E-state index in [2.05, 4.69) is 15.1 Å². The van der Waals surface area contributed by atoms with Gasteiger partial charge in [0.2, 0.25) is 0 Å². The molecule has 1 N–H and O–H groups in total. The lowest BCUT2D eigenvalue weighted by Gasteiger charge is -2.15. The molecule has 0 radical (unpaired) electrons. The summed E-state index contributed by atoms with van der Waals surface area (Å²) < 4.78 is 2.00. The highest BCUT2D eigenvalue weighted by Crippen LogP contribution is 2.22. The number of hydrogen-bond donors (Lipinski definition) is 1. The van der Waals surface area contributed by atoms with Crippen molar-refractivity contribution in [2.24, 2.45) is 13.0 Å². The Bertz CT molecular complexity index is 430. The van der Waals surface area contributed by atoms with Gasteiger partial charge in [-0.2, -0.15) is 0 Å². The minimum absolute atomic E-state index is 0.279. The van der Waals surface area contributed by atoms with Crippen molar-refractivity contribution in [3.8, 4) is 0 Å². The summed E-state index contributed by atoms with van der Waals surface area (Å²) in [6, 6.07) is 0. The summed E-state index contributed by atoms with van der Waals surface area (Å²) in [4.78, 5) is 12.9. The lowest BCUT2D eigenvalue weighted by molar-refractivity contribution is -0.137. The Labute approximate surface area is 107 Å². The van der Waals surface area contributed by atoms with Gasteiger partial charge in [0.1, 0.15) is 11.6 Å². The number of aromatic nitrogens is 3. The molecule has 6 nitrogen and oxygen atoms in total. The molecule has 0 aliphatic carbocycles. The summed E-state index contributed by atoms with van der Waals surface area (Å²) in [6.07, 6.45) is 2.15. The van der Waals surface area contributed by atoms with Crippen LogP contribution < -0.4 is 0 Å². The van der Waals surface area contributed by atoms with E-state index in [0.29, 0.717) is 5.92 Å². The lowest BCUT2D eigenvalue weighted by Crippen LogP contribution is -2.22. The van der Waals surface area contributed by atoms with Crippen molar-refractivity contribution < 1.29 is 9.90 Å². The number of carboxylic acids is 1. The van der Waals surface area contributed by atoms with E-state index in [9.17, 15) is 4.79 Å². The third-order valence-electron chi connectivity index (χ3n) is 3.68. The van der Waals surface area contributed by atoms with Gasteiger partial charge < -0.3 is 9.67 Å². The van der Waals surface area contributed by atoms with Gasteiger partial charge in [0.15, 0.2) is 0 Å². The Balaban J connectivity index is 1.82. The summed E-state index contributed by atoms with van der Waals surface area (Å²) in [5.74, 6) is 1.71. The normalized spacial score (nSPS) is 20.4. The fraction of sp³-hybridized carbons (Fsp3) is 0.750. The van der Waals surface area contributed by atoms with Crippen molar-refractivity contribution in [2.75, 3.05) is 13.1 Å². The largest absolute Gasteiger partial charge is 0.481 e. The molecule has 0 spiro atoms. The molecule has 2 rings (SSSR count). The number of hydrogen-bond acceptors (Lipinski definition) is 4. The average molecular weight is 252 g/mol. The van der Waals surface area contributed by atoms with Crippen LogP contribution in [-0.2, 0) is 18.4 Å². The van der Waals surface area contributed by atoms with Crippen molar-refractivity contribution in [3.63, 3.8) is 0 Å². The van der Waals surface area contributed by atoms with Crippen molar-refractivity contribution in [1.82, 2.24) is 19.7 Å². The maximum atomic E-state index is 10.5. The fourth-order valence-corrected chi connectivity index (χ4v) is 2.41. The molecule has 1 aliphatic rings. The van der Waals surface area contributed by atoms with Gasteiger partial charge in [-0.25, -0.2) is 0 Å². The van der Waals surface area contributed by atoms with Gasteiger partial charge in [0.25, 0.3) is 0 Å². The molecule has 18 heavy (non-hydrogen) atoms. The van der Waals surface area contributed by atoms with E-state index < -0.39 is 5.97 Å². The van der Waals surface area contributed by atoms with E-state index in [1.54, 1.807) is 0 Å². The van der Waals surface area contributed by atoms with Gasteiger partial charge >= 0.3 is 5.97 Å². The van der Waals surface area contributed by atoms with Crippen LogP contribution in [0.3, 0.4) is 0 Å².